The summed E-state index contributed by atoms with van der Waals surface area (Å²) in [5, 5.41) is 6.53. The predicted molar refractivity (Wildman–Crippen MR) is 112 cm³/mol. The molecule has 2 aliphatic rings. The van der Waals surface area contributed by atoms with Crippen LogP contribution in [0.3, 0.4) is 0 Å². The summed E-state index contributed by atoms with van der Waals surface area (Å²) in [6.45, 7) is 5.27. The number of rotatable bonds is 8. The molecule has 1 saturated carbocycles. The lowest BCUT2D eigenvalue weighted by atomic mass is 9.95. The molecule has 1 heterocycles. The van der Waals surface area contributed by atoms with Gasteiger partial charge < -0.3 is 20.3 Å². The van der Waals surface area contributed by atoms with E-state index in [1.165, 1.54) is 17.0 Å². The summed E-state index contributed by atoms with van der Waals surface area (Å²) in [5.74, 6) is -0.674. The van der Waals surface area contributed by atoms with Crippen LogP contribution in [-0.2, 0) is 14.9 Å². The van der Waals surface area contributed by atoms with Crippen molar-refractivity contribution >= 4 is 11.9 Å². The van der Waals surface area contributed by atoms with Gasteiger partial charge in [-0.25, -0.2) is 13.8 Å². The van der Waals surface area contributed by atoms with Crippen molar-refractivity contribution in [3.8, 4) is 0 Å². The molecular weight excluding hydrogens is 392 g/mol. The van der Waals surface area contributed by atoms with E-state index >= 15 is 0 Å². The molecule has 9 heteroatoms. The van der Waals surface area contributed by atoms with Crippen LogP contribution in [0, 0.1) is 11.6 Å². The van der Waals surface area contributed by atoms with Crippen LogP contribution in [0.1, 0.15) is 18.4 Å². The van der Waals surface area contributed by atoms with Gasteiger partial charge in [-0.1, -0.05) is 6.07 Å². The number of nitrogens with zero attached hydrogens (tertiary/aromatic N) is 3. The van der Waals surface area contributed by atoms with Gasteiger partial charge in [-0.3, -0.25) is 9.69 Å². The van der Waals surface area contributed by atoms with Crippen molar-refractivity contribution in [3.05, 3.63) is 35.4 Å². The predicted octanol–water partition coefficient (Wildman–Crippen LogP) is 0.952. The maximum atomic E-state index is 14.3. The van der Waals surface area contributed by atoms with E-state index in [0.29, 0.717) is 24.6 Å². The minimum absolute atomic E-state index is 0.0256. The lowest BCUT2D eigenvalue weighted by Crippen LogP contribution is -2.46. The third-order valence-electron chi connectivity index (χ3n) is 5.65. The molecule has 0 spiro atoms. The summed E-state index contributed by atoms with van der Waals surface area (Å²) in [4.78, 5) is 20.1. The van der Waals surface area contributed by atoms with Crippen LogP contribution in [0.15, 0.2) is 23.2 Å². The zero-order valence-electron chi connectivity index (χ0n) is 17.7. The number of carbonyl (C=O) groups excluding carboxylic acids is 1. The maximum absolute atomic E-state index is 14.3. The van der Waals surface area contributed by atoms with Crippen molar-refractivity contribution in [2.75, 3.05) is 66.6 Å². The van der Waals surface area contributed by atoms with E-state index in [9.17, 15) is 13.6 Å². The number of amides is 1. The number of nitrogens with one attached hydrogen (secondary N) is 2. The average molecular weight is 424 g/mol. The molecule has 2 fully saturated rings. The summed E-state index contributed by atoms with van der Waals surface area (Å²) >= 11 is 0. The highest BCUT2D eigenvalue weighted by Gasteiger charge is 2.46. The van der Waals surface area contributed by atoms with Gasteiger partial charge in [-0.15, -0.1) is 0 Å². The average Bonchev–Trinajstić information content (AvgIpc) is 3.50. The summed E-state index contributed by atoms with van der Waals surface area (Å²) < 4.78 is 32.9. The van der Waals surface area contributed by atoms with Gasteiger partial charge in [0.25, 0.3) is 0 Å². The van der Waals surface area contributed by atoms with E-state index in [1.54, 1.807) is 14.1 Å². The van der Waals surface area contributed by atoms with Gasteiger partial charge in [0.1, 0.15) is 18.2 Å². The number of hydrogen-bond donors (Lipinski definition) is 2. The Morgan fingerprint density at radius 2 is 1.97 bits per heavy atom. The van der Waals surface area contributed by atoms with E-state index in [1.807, 2.05) is 0 Å². The number of halogens is 2. The Hall–Kier alpha value is -2.26. The Labute approximate surface area is 176 Å². The van der Waals surface area contributed by atoms with Gasteiger partial charge in [0.2, 0.25) is 5.91 Å². The molecule has 0 atom stereocenters. The standard InChI is InChI=1S/C21H31F2N5O2/c1-27(2)19(29)14-25-20(24-7-8-28-9-11-30-12-10-28)26-15-21(5-6-21)17-4-3-16(22)13-18(17)23/h3-4,13H,5-12,14-15H2,1-2H3,(H2,24,25,26). The molecular formula is C21H31F2N5O2. The molecule has 1 saturated heterocycles. The van der Waals surface area contributed by atoms with Gasteiger partial charge in [-0.05, 0) is 24.5 Å². The topological polar surface area (TPSA) is 69.2 Å². The van der Waals surface area contributed by atoms with E-state index in [4.69, 9.17) is 4.74 Å². The molecule has 1 aromatic carbocycles. The van der Waals surface area contributed by atoms with Gasteiger partial charge >= 0.3 is 0 Å². The van der Waals surface area contributed by atoms with Gasteiger partial charge in [0, 0.05) is 58.3 Å². The second-order valence-electron chi connectivity index (χ2n) is 8.09. The first-order chi connectivity index (χ1) is 14.4. The number of likely N-dealkylation sites (N-methyl/N-ethyl adjacent to an activating group) is 1. The molecule has 30 heavy (non-hydrogen) atoms. The van der Waals surface area contributed by atoms with E-state index in [-0.39, 0.29) is 17.9 Å². The minimum atomic E-state index is -0.575. The molecule has 1 aliphatic carbocycles. The molecule has 1 amide bonds. The highest BCUT2D eigenvalue weighted by Crippen LogP contribution is 2.48. The lowest BCUT2D eigenvalue weighted by Gasteiger charge is -2.27. The first kappa shape index (κ1) is 22.4. The Morgan fingerprint density at radius 3 is 2.60 bits per heavy atom. The molecule has 0 radical (unpaired) electrons. The Kier molecular flexibility index (Phi) is 7.60. The van der Waals surface area contributed by atoms with E-state index in [2.05, 4.69) is 20.5 Å². The Balaban J connectivity index is 1.59. The fourth-order valence-electron chi connectivity index (χ4n) is 3.48. The molecule has 2 N–H and O–H groups in total. The number of morpholine rings is 1. The molecule has 1 aromatic rings. The van der Waals surface area contributed by atoms with Gasteiger partial charge in [0.05, 0.1) is 13.2 Å². The largest absolute Gasteiger partial charge is 0.379 e. The smallest absolute Gasteiger partial charge is 0.243 e. The summed E-state index contributed by atoms with van der Waals surface area (Å²) in [7, 11) is 3.38. The van der Waals surface area contributed by atoms with Crippen molar-refractivity contribution < 1.29 is 18.3 Å². The summed E-state index contributed by atoms with van der Waals surface area (Å²) in [5.41, 5.74) is 0.157. The lowest BCUT2D eigenvalue weighted by molar-refractivity contribution is -0.127. The summed E-state index contributed by atoms with van der Waals surface area (Å²) in [6.07, 6.45) is 1.64. The van der Waals surface area contributed by atoms with Crippen molar-refractivity contribution in [3.63, 3.8) is 0 Å². The monoisotopic (exact) mass is 423 g/mol. The van der Waals surface area contributed by atoms with Crippen LogP contribution in [0.2, 0.25) is 0 Å². The van der Waals surface area contributed by atoms with Crippen molar-refractivity contribution in [2.45, 2.75) is 18.3 Å². The van der Waals surface area contributed by atoms with Crippen LogP contribution >= 0.6 is 0 Å². The quantitative estimate of drug-likeness (QED) is 0.481. The first-order valence-corrected chi connectivity index (χ1v) is 10.4. The fraction of sp³-hybridized carbons (Fsp3) is 0.619. The summed E-state index contributed by atoms with van der Waals surface area (Å²) in [6, 6.07) is 3.75. The molecule has 0 bridgehead atoms. The number of carbonyl (C=O) groups is 1. The van der Waals surface area contributed by atoms with Gasteiger partial charge in [-0.2, -0.15) is 0 Å². The first-order valence-electron chi connectivity index (χ1n) is 10.4. The van der Waals surface area contributed by atoms with Crippen molar-refractivity contribution in [2.24, 2.45) is 4.99 Å². The molecule has 0 aromatic heterocycles. The van der Waals surface area contributed by atoms with E-state index in [0.717, 1.165) is 51.8 Å². The molecule has 166 valence electrons. The van der Waals surface area contributed by atoms with E-state index < -0.39 is 11.6 Å². The van der Waals surface area contributed by atoms with Gasteiger partial charge in [0.15, 0.2) is 5.96 Å². The number of hydrogen-bond acceptors (Lipinski definition) is 4. The zero-order valence-corrected chi connectivity index (χ0v) is 17.7. The van der Waals surface area contributed by atoms with Crippen molar-refractivity contribution in [1.29, 1.82) is 0 Å². The molecule has 3 rings (SSSR count). The molecule has 7 nitrogen and oxygen atoms in total. The second-order valence-corrected chi connectivity index (χ2v) is 8.09. The highest BCUT2D eigenvalue weighted by atomic mass is 19.1. The maximum Gasteiger partial charge on any atom is 0.243 e. The molecule has 0 unspecified atom stereocenters. The normalized spacial score (nSPS) is 18.7. The third kappa shape index (κ3) is 6.12. The van der Waals surface area contributed by atoms with Crippen LogP contribution in [0.25, 0.3) is 0 Å². The SMILES string of the molecule is CN(C)C(=O)CN=C(NCCN1CCOCC1)NCC1(c2ccc(F)cc2F)CC1. The van der Waals surface area contributed by atoms with Crippen LogP contribution in [0.5, 0.6) is 0 Å². The minimum Gasteiger partial charge on any atom is -0.379 e. The number of ether oxygens (including phenoxy) is 1. The number of aliphatic imine (C=N–C) groups is 1. The number of guanidine groups is 1. The Morgan fingerprint density at radius 1 is 1.23 bits per heavy atom. The highest BCUT2D eigenvalue weighted by molar-refractivity contribution is 5.84. The zero-order chi connectivity index (χ0) is 21.6. The number of benzene rings is 1. The van der Waals surface area contributed by atoms with Crippen molar-refractivity contribution in [1.82, 2.24) is 20.4 Å². The second kappa shape index (κ2) is 10.2. The molecule has 1 aliphatic heterocycles. The Bertz CT molecular complexity index is 762. The fourth-order valence-corrected chi connectivity index (χ4v) is 3.48. The van der Waals surface area contributed by atoms with Crippen LogP contribution < -0.4 is 10.6 Å². The third-order valence-corrected chi connectivity index (χ3v) is 5.65. The van der Waals surface area contributed by atoms with Crippen LogP contribution in [0.4, 0.5) is 8.78 Å². The van der Waals surface area contributed by atoms with Crippen LogP contribution in [-0.4, -0.2) is 88.2 Å².